The van der Waals surface area contributed by atoms with Crippen molar-refractivity contribution in [1.82, 2.24) is 15.1 Å². The number of benzene rings is 1. The van der Waals surface area contributed by atoms with E-state index >= 15 is 0 Å². The zero-order chi connectivity index (χ0) is 17.6. The van der Waals surface area contributed by atoms with Crippen LogP contribution in [-0.2, 0) is 16.1 Å². The highest BCUT2D eigenvalue weighted by Crippen LogP contribution is 2.30. The zero-order valence-electron chi connectivity index (χ0n) is 14.4. The smallest absolute Gasteiger partial charge is 0.254 e. The molecule has 132 valence electrons. The quantitative estimate of drug-likeness (QED) is 0.913. The molecule has 0 aromatic heterocycles. The Hall–Kier alpha value is -1.95. The number of halogens is 1. The lowest BCUT2D eigenvalue weighted by Gasteiger charge is -2.47. The second-order valence-corrected chi connectivity index (χ2v) is 5.89. The van der Waals surface area contributed by atoms with E-state index in [1.54, 1.807) is 0 Å². The molecule has 1 atom stereocenters. The highest BCUT2D eigenvalue weighted by Gasteiger charge is 2.51. The van der Waals surface area contributed by atoms with E-state index in [-0.39, 0.29) is 12.5 Å². The van der Waals surface area contributed by atoms with Crippen molar-refractivity contribution in [2.24, 2.45) is 0 Å². The SMILES string of the molecule is CC.O=C(CF)N1CCN(Cc2ccccc2)C2(CCNC2=O)C1. The van der Waals surface area contributed by atoms with Gasteiger partial charge in [0.2, 0.25) is 5.91 Å². The van der Waals surface area contributed by atoms with E-state index in [9.17, 15) is 14.0 Å². The fourth-order valence-electron chi connectivity index (χ4n) is 3.40. The zero-order valence-corrected chi connectivity index (χ0v) is 14.4. The summed E-state index contributed by atoms with van der Waals surface area (Å²) in [6.07, 6.45) is 0.648. The first-order valence-corrected chi connectivity index (χ1v) is 8.57. The lowest BCUT2D eigenvalue weighted by atomic mass is 9.91. The van der Waals surface area contributed by atoms with E-state index in [1.165, 1.54) is 4.90 Å². The van der Waals surface area contributed by atoms with Gasteiger partial charge in [0.15, 0.2) is 6.67 Å². The van der Waals surface area contributed by atoms with Gasteiger partial charge in [-0.1, -0.05) is 44.2 Å². The van der Waals surface area contributed by atoms with Gasteiger partial charge in [-0.3, -0.25) is 14.5 Å². The molecule has 1 N–H and O–H groups in total. The number of carbonyl (C=O) groups is 2. The predicted molar refractivity (Wildman–Crippen MR) is 91.1 cm³/mol. The van der Waals surface area contributed by atoms with Gasteiger partial charge >= 0.3 is 0 Å². The number of nitrogens with zero attached hydrogens (tertiary/aromatic N) is 2. The Morgan fingerprint density at radius 1 is 1.25 bits per heavy atom. The second kappa shape index (κ2) is 8.24. The van der Waals surface area contributed by atoms with Crippen molar-refractivity contribution in [2.45, 2.75) is 32.4 Å². The molecule has 0 radical (unpaired) electrons. The van der Waals surface area contributed by atoms with Gasteiger partial charge in [0.25, 0.3) is 5.91 Å². The largest absolute Gasteiger partial charge is 0.354 e. The first-order chi connectivity index (χ1) is 11.7. The van der Waals surface area contributed by atoms with E-state index in [4.69, 9.17) is 0 Å². The molecule has 1 aromatic carbocycles. The molecule has 1 spiro atoms. The Labute approximate surface area is 142 Å². The second-order valence-electron chi connectivity index (χ2n) is 5.89. The van der Waals surface area contributed by atoms with E-state index in [2.05, 4.69) is 10.2 Å². The van der Waals surface area contributed by atoms with Crippen LogP contribution in [0.3, 0.4) is 0 Å². The summed E-state index contributed by atoms with van der Waals surface area (Å²) in [6, 6.07) is 9.96. The summed E-state index contributed by atoms with van der Waals surface area (Å²) in [4.78, 5) is 27.7. The minimum atomic E-state index is -1.00. The minimum Gasteiger partial charge on any atom is -0.354 e. The van der Waals surface area contributed by atoms with Gasteiger partial charge in [-0.05, 0) is 12.0 Å². The number of nitrogens with one attached hydrogen (secondary N) is 1. The maximum Gasteiger partial charge on any atom is 0.254 e. The summed E-state index contributed by atoms with van der Waals surface area (Å²) >= 11 is 0. The molecule has 2 saturated heterocycles. The summed E-state index contributed by atoms with van der Waals surface area (Å²) in [5.74, 6) is -0.585. The average Bonchev–Trinajstić information content (AvgIpc) is 2.99. The summed E-state index contributed by atoms with van der Waals surface area (Å²) < 4.78 is 12.7. The molecule has 0 saturated carbocycles. The number of amides is 2. The monoisotopic (exact) mass is 335 g/mol. The Morgan fingerprint density at radius 2 is 1.96 bits per heavy atom. The fraction of sp³-hybridized carbons (Fsp3) is 0.556. The van der Waals surface area contributed by atoms with Gasteiger partial charge < -0.3 is 10.2 Å². The van der Waals surface area contributed by atoms with Crippen molar-refractivity contribution in [3.63, 3.8) is 0 Å². The van der Waals surface area contributed by atoms with E-state index < -0.39 is 18.1 Å². The molecule has 2 aliphatic rings. The molecular formula is C18H26FN3O2. The third-order valence-corrected chi connectivity index (χ3v) is 4.63. The van der Waals surface area contributed by atoms with Gasteiger partial charge in [-0.2, -0.15) is 0 Å². The summed E-state index contributed by atoms with van der Waals surface area (Å²) in [5.41, 5.74) is 0.408. The first-order valence-electron chi connectivity index (χ1n) is 8.57. The standard InChI is InChI=1S/C16H20FN3O2.C2H6/c17-10-14(21)19-8-9-20(11-13-4-2-1-3-5-13)16(12-19)6-7-18-15(16)22;1-2/h1-5H,6-12H2,(H,18,22);1-2H3. The van der Waals surface area contributed by atoms with Crippen molar-refractivity contribution in [3.05, 3.63) is 35.9 Å². The molecule has 1 aromatic rings. The van der Waals surface area contributed by atoms with Crippen molar-refractivity contribution in [1.29, 1.82) is 0 Å². The fourth-order valence-corrected chi connectivity index (χ4v) is 3.40. The molecule has 24 heavy (non-hydrogen) atoms. The van der Waals surface area contributed by atoms with Gasteiger partial charge in [-0.15, -0.1) is 0 Å². The van der Waals surface area contributed by atoms with Crippen LogP contribution in [0.4, 0.5) is 4.39 Å². The maximum atomic E-state index is 12.7. The molecule has 1 unspecified atom stereocenters. The third kappa shape index (κ3) is 3.59. The van der Waals surface area contributed by atoms with E-state index in [0.717, 1.165) is 5.56 Å². The molecule has 2 heterocycles. The number of piperazine rings is 1. The average molecular weight is 335 g/mol. The van der Waals surface area contributed by atoms with Crippen molar-refractivity contribution in [2.75, 3.05) is 32.9 Å². The van der Waals surface area contributed by atoms with Crippen LogP contribution in [-0.4, -0.2) is 60.0 Å². The van der Waals surface area contributed by atoms with Crippen LogP contribution in [0.5, 0.6) is 0 Å². The predicted octanol–water partition coefficient (Wildman–Crippen LogP) is 1.59. The van der Waals surface area contributed by atoms with Crippen LogP contribution in [0, 0.1) is 0 Å². The number of hydrogen-bond acceptors (Lipinski definition) is 3. The summed E-state index contributed by atoms with van der Waals surface area (Å²) in [6.45, 7) is 5.57. The number of hydrogen-bond donors (Lipinski definition) is 1. The summed E-state index contributed by atoms with van der Waals surface area (Å²) in [5, 5.41) is 2.86. The summed E-state index contributed by atoms with van der Waals surface area (Å²) in [7, 11) is 0. The Bertz CT molecular complexity index is 567. The Morgan fingerprint density at radius 3 is 2.54 bits per heavy atom. The topological polar surface area (TPSA) is 52.7 Å². The molecule has 2 aliphatic heterocycles. The van der Waals surface area contributed by atoms with Crippen LogP contribution in [0.2, 0.25) is 0 Å². The van der Waals surface area contributed by atoms with E-state index in [0.29, 0.717) is 32.6 Å². The Kier molecular flexibility index (Phi) is 6.31. The molecular weight excluding hydrogens is 309 g/mol. The molecule has 3 rings (SSSR count). The molecule has 6 heteroatoms. The van der Waals surface area contributed by atoms with Gasteiger partial charge in [0.1, 0.15) is 5.54 Å². The number of alkyl halides is 1. The molecule has 0 aliphatic carbocycles. The maximum absolute atomic E-state index is 12.7. The van der Waals surface area contributed by atoms with E-state index in [1.807, 2.05) is 44.2 Å². The highest BCUT2D eigenvalue weighted by atomic mass is 19.1. The van der Waals surface area contributed by atoms with Crippen molar-refractivity contribution >= 4 is 11.8 Å². The normalized spacial score (nSPS) is 23.6. The van der Waals surface area contributed by atoms with Gasteiger partial charge in [0, 0.05) is 32.7 Å². The lowest BCUT2D eigenvalue weighted by molar-refractivity contribution is -0.144. The Balaban J connectivity index is 0.00000100. The van der Waals surface area contributed by atoms with Crippen LogP contribution in [0.15, 0.2) is 30.3 Å². The lowest BCUT2D eigenvalue weighted by Crippen LogP contribution is -2.66. The third-order valence-electron chi connectivity index (χ3n) is 4.63. The van der Waals surface area contributed by atoms with Crippen LogP contribution < -0.4 is 5.32 Å². The first kappa shape index (κ1) is 18.4. The molecule has 5 nitrogen and oxygen atoms in total. The molecule has 0 bridgehead atoms. The highest BCUT2D eigenvalue weighted by molar-refractivity contribution is 5.90. The van der Waals surface area contributed by atoms with Crippen LogP contribution in [0.1, 0.15) is 25.8 Å². The molecule has 2 amide bonds. The number of carbonyl (C=O) groups excluding carboxylic acids is 2. The number of rotatable bonds is 3. The van der Waals surface area contributed by atoms with Crippen molar-refractivity contribution < 1.29 is 14.0 Å². The minimum absolute atomic E-state index is 0.0558. The van der Waals surface area contributed by atoms with Crippen LogP contribution in [0.25, 0.3) is 0 Å². The van der Waals surface area contributed by atoms with Gasteiger partial charge in [-0.25, -0.2) is 4.39 Å². The van der Waals surface area contributed by atoms with Gasteiger partial charge in [0.05, 0.1) is 0 Å². The molecule has 2 fully saturated rings. The van der Waals surface area contributed by atoms with Crippen LogP contribution >= 0.6 is 0 Å². The van der Waals surface area contributed by atoms with Crippen molar-refractivity contribution in [3.8, 4) is 0 Å².